The molecular weight excluding hydrogens is 204 g/mol. The van der Waals surface area contributed by atoms with Gasteiger partial charge in [0.05, 0.1) is 11.1 Å². The third kappa shape index (κ3) is 1.68. The van der Waals surface area contributed by atoms with E-state index in [-0.39, 0.29) is 0 Å². The normalized spacial score (nSPS) is 10.6. The highest BCUT2D eigenvalue weighted by molar-refractivity contribution is 5.89. The first-order valence-electron chi connectivity index (χ1n) is 3.44. The van der Waals surface area contributed by atoms with Crippen LogP contribution in [0.15, 0.2) is 12.1 Å². The van der Waals surface area contributed by atoms with Crippen molar-refractivity contribution in [3.63, 3.8) is 0 Å². The molecule has 0 saturated carbocycles. The zero-order chi connectivity index (χ0) is 10.9. The minimum Gasteiger partial charge on any atom is -0.478 e. The van der Waals surface area contributed by atoms with E-state index in [1.54, 1.807) is 0 Å². The summed E-state index contributed by atoms with van der Waals surface area (Å²) in [4.78, 5) is 10.4. The number of aromatic carboxylic acids is 1. The van der Waals surface area contributed by atoms with Gasteiger partial charge in [-0.25, -0.2) is 22.4 Å². The van der Waals surface area contributed by atoms with Gasteiger partial charge in [0, 0.05) is 0 Å². The zero-order valence-corrected chi connectivity index (χ0v) is 6.60. The number of carboxylic acids is 1. The van der Waals surface area contributed by atoms with Crippen molar-refractivity contribution in [1.82, 2.24) is 0 Å². The Morgan fingerprint density at radius 1 is 1.29 bits per heavy atom. The molecule has 1 aromatic rings. The Labute approximate surface area is 75.8 Å². The molecule has 0 aliphatic carbocycles. The maximum atomic E-state index is 12.8. The van der Waals surface area contributed by atoms with Gasteiger partial charge in [-0.1, -0.05) is 0 Å². The van der Waals surface area contributed by atoms with E-state index in [1.165, 1.54) is 0 Å². The van der Waals surface area contributed by atoms with Crippen molar-refractivity contribution in [2.45, 2.75) is 6.43 Å². The van der Waals surface area contributed by atoms with Crippen LogP contribution < -0.4 is 0 Å². The number of carboxylic acid groups (broad SMARTS) is 1. The molecule has 0 aliphatic rings. The average Bonchev–Trinajstić information content (AvgIpc) is 2.08. The number of alkyl halides is 2. The van der Waals surface area contributed by atoms with Gasteiger partial charge in [0.25, 0.3) is 6.43 Å². The summed E-state index contributed by atoms with van der Waals surface area (Å²) in [6.07, 6.45) is -3.36. The number of benzene rings is 1. The molecule has 1 N–H and O–H groups in total. The molecule has 0 saturated heterocycles. The molecule has 0 amide bonds. The number of hydrogen-bond donors (Lipinski definition) is 1. The summed E-state index contributed by atoms with van der Waals surface area (Å²) in [5.41, 5.74) is -2.35. The minimum absolute atomic E-state index is 0.491. The molecule has 0 radical (unpaired) electrons. The van der Waals surface area contributed by atoms with Gasteiger partial charge in [0.1, 0.15) is 0 Å². The molecule has 0 unspecified atom stereocenters. The SMILES string of the molecule is O=C(O)c1ccc(F)c(F)c1C(F)F. The fourth-order valence-corrected chi connectivity index (χ4v) is 0.966. The Hall–Kier alpha value is -1.59. The lowest BCUT2D eigenvalue weighted by Gasteiger charge is -2.06. The van der Waals surface area contributed by atoms with Crippen LogP contribution in [0.5, 0.6) is 0 Å². The monoisotopic (exact) mass is 208 g/mol. The van der Waals surface area contributed by atoms with Crippen LogP contribution in [0, 0.1) is 11.6 Å². The summed E-state index contributed by atoms with van der Waals surface area (Å²) >= 11 is 0. The highest BCUT2D eigenvalue weighted by Gasteiger charge is 2.24. The predicted molar refractivity (Wildman–Crippen MR) is 38.3 cm³/mol. The third-order valence-corrected chi connectivity index (χ3v) is 1.58. The molecule has 76 valence electrons. The molecule has 0 aromatic heterocycles. The predicted octanol–water partition coefficient (Wildman–Crippen LogP) is 2.60. The van der Waals surface area contributed by atoms with Gasteiger partial charge in [-0.05, 0) is 12.1 Å². The van der Waals surface area contributed by atoms with Crippen LogP contribution in [-0.4, -0.2) is 11.1 Å². The first-order chi connectivity index (χ1) is 6.45. The van der Waals surface area contributed by atoms with Crippen LogP contribution in [0.3, 0.4) is 0 Å². The lowest BCUT2D eigenvalue weighted by molar-refractivity contribution is 0.0681. The topological polar surface area (TPSA) is 37.3 Å². The highest BCUT2D eigenvalue weighted by Crippen LogP contribution is 2.27. The molecule has 0 fully saturated rings. The van der Waals surface area contributed by atoms with Crippen molar-refractivity contribution in [3.05, 3.63) is 34.9 Å². The second kappa shape index (κ2) is 3.65. The van der Waals surface area contributed by atoms with Crippen molar-refractivity contribution in [2.75, 3.05) is 0 Å². The fourth-order valence-electron chi connectivity index (χ4n) is 0.966. The zero-order valence-electron chi connectivity index (χ0n) is 6.60. The van der Waals surface area contributed by atoms with Gasteiger partial charge >= 0.3 is 5.97 Å². The smallest absolute Gasteiger partial charge is 0.336 e. The molecular formula is C8H4F4O2. The van der Waals surface area contributed by atoms with Gasteiger partial charge < -0.3 is 5.11 Å². The lowest BCUT2D eigenvalue weighted by Crippen LogP contribution is -2.07. The second-order valence-electron chi connectivity index (χ2n) is 2.43. The summed E-state index contributed by atoms with van der Waals surface area (Å²) in [7, 11) is 0. The lowest BCUT2D eigenvalue weighted by atomic mass is 10.1. The van der Waals surface area contributed by atoms with Crippen LogP contribution in [-0.2, 0) is 0 Å². The van der Waals surface area contributed by atoms with Crippen molar-refractivity contribution < 1.29 is 27.5 Å². The van der Waals surface area contributed by atoms with Crippen LogP contribution >= 0.6 is 0 Å². The summed E-state index contributed by atoms with van der Waals surface area (Å²) in [6.45, 7) is 0. The van der Waals surface area contributed by atoms with Crippen LogP contribution in [0.1, 0.15) is 22.3 Å². The van der Waals surface area contributed by atoms with E-state index in [2.05, 4.69) is 0 Å². The summed E-state index contributed by atoms with van der Waals surface area (Å²) in [5.74, 6) is -5.04. The number of carbonyl (C=O) groups is 1. The van der Waals surface area contributed by atoms with E-state index in [1.807, 2.05) is 0 Å². The molecule has 1 rings (SSSR count). The largest absolute Gasteiger partial charge is 0.478 e. The Bertz CT molecular complexity index is 376. The molecule has 1 aromatic carbocycles. The Balaban J connectivity index is 3.45. The molecule has 2 nitrogen and oxygen atoms in total. The highest BCUT2D eigenvalue weighted by atomic mass is 19.3. The number of hydrogen-bond acceptors (Lipinski definition) is 1. The maximum absolute atomic E-state index is 12.8. The molecule has 0 spiro atoms. The van der Waals surface area contributed by atoms with Gasteiger partial charge in [-0.2, -0.15) is 0 Å². The van der Waals surface area contributed by atoms with E-state index in [4.69, 9.17) is 5.11 Å². The molecule has 0 heterocycles. The summed E-state index contributed by atoms with van der Waals surface area (Å²) in [6, 6.07) is 1.09. The molecule has 0 bridgehead atoms. The number of halogens is 4. The Morgan fingerprint density at radius 2 is 1.86 bits per heavy atom. The Kier molecular flexibility index (Phi) is 2.73. The van der Waals surface area contributed by atoms with Crippen molar-refractivity contribution in [3.8, 4) is 0 Å². The fraction of sp³-hybridized carbons (Fsp3) is 0.125. The summed E-state index contributed by atoms with van der Waals surface area (Å²) in [5, 5.41) is 8.41. The molecule has 14 heavy (non-hydrogen) atoms. The number of rotatable bonds is 2. The van der Waals surface area contributed by atoms with E-state index in [9.17, 15) is 22.4 Å². The summed E-state index contributed by atoms with van der Waals surface area (Å²) < 4.78 is 49.6. The molecule has 0 atom stereocenters. The van der Waals surface area contributed by atoms with Gasteiger partial charge in [-0.3, -0.25) is 0 Å². The van der Waals surface area contributed by atoms with Crippen molar-refractivity contribution in [1.29, 1.82) is 0 Å². The van der Waals surface area contributed by atoms with Gasteiger partial charge in [0.15, 0.2) is 11.6 Å². The first-order valence-corrected chi connectivity index (χ1v) is 3.44. The van der Waals surface area contributed by atoms with Crippen LogP contribution in [0.25, 0.3) is 0 Å². The first kappa shape index (κ1) is 10.5. The van der Waals surface area contributed by atoms with E-state index in [0.717, 1.165) is 0 Å². The van der Waals surface area contributed by atoms with Crippen LogP contribution in [0.4, 0.5) is 17.6 Å². The van der Waals surface area contributed by atoms with Gasteiger partial charge in [-0.15, -0.1) is 0 Å². The molecule has 0 aliphatic heterocycles. The second-order valence-corrected chi connectivity index (χ2v) is 2.43. The molecule has 6 heteroatoms. The minimum atomic E-state index is -3.36. The maximum Gasteiger partial charge on any atom is 0.336 e. The van der Waals surface area contributed by atoms with Crippen LogP contribution in [0.2, 0.25) is 0 Å². The van der Waals surface area contributed by atoms with E-state index in [0.29, 0.717) is 12.1 Å². The average molecular weight is 208 g/mol. The third-order valence-electron chi connectivity index (χ3n) is 1.58. The van der Waals surface area contributed by atoms with E-state index < -0.39 is 35.2 Å². The quantitative estimate of drug-likeness (QED) is 0.758. The van der Waals surface area contributed by atoms with Crippen molar-refractivity contribution in [2.24, 2.45) is 0 Å². The van der Waals surface area contributed by atoms with Crippen molar-refractivity contribution >= 4 is 5.97 Å². The van der Waals surface area contributed by atoms with E-state index >= 15 is 0 Å². The standard InChI is InChI=1S/C8H4F4O2/c9-4-2-1-3(8(13)14)5(6(4)10)7(11)12/h1-2,7H,(H,13,14). The Morgan fingerprint density at radius 3 is 2.29 bits per heavy atom. The van der Waals surface area contributed by atoms with Gasteiger partial charge in [0.2, 0.25) is 0 Å².